The fourth-order valence-corrected chi connectivity index (χ4v) is 2.75. The average molecular weight is 250 g/mol. The van der Waals surface area contributed by atoms with Crippen LogP contribution in [0.25, 0.3) is 0 Å². The second-order valence-corrected chi connectivity index (χ2v) is 5.56. The highest BCUT2D eigenvalue weighted by atomic mass is 19.1. The molecule has 0 radical (unpaired) electrons. The van der Waals surface area contributed by atoms with Gasteiger partial charge >= 0.3 is 0 Å². The summed E-state index contributed by atoms with van der Waals surface area (Å²) < 4.78 is 12.8. The van der Waals surface area contributed by atoms with Crippen LogP contribution in [0.3, 0.4) is 0 Å². The van der Waals surface area contributed by atoms with Crippen LogP contribution in [0, 0.1) is 11.7 Å². The van der Waals surface area contributed by atoms with E-state index in [0.717, 1.165) is 32.0 Å². The van der Waals surface area contributed by atoms with E-state index in [4.69, 9.17) is 5.73 Å². The maximum atomic E-state index is 12.8. The molecule has 1 fully saturated rings. The summed E-state index contributed by atoms with van der Waals surface area (Å²) in [6, 6.07) is 7.15. The van der Waals surface area contributed by atoms with E-state index in [0.29, 0.717) is 6.04 Å². The average Bonchev–Trinajstić information content (AvgIpc) is 2.34. The molecule has 1 aliphatic heterocycles. The highest BCUT2D eigenvalue weighted by molar-refractivity contribution is 5.15. The molecule has 1 saturated heterocycles. The van der Waals surface area contributed by atoms with Gasteiger partial charge in [-0.05, 0) is 62.9 Å². The van der Waals surface area contributed by atoms with Gasteiger partial charge < -0.3 is 5.73 Å². The van der Waals surface area contributed by atoms with E-state index < -0.39 is 0 Å². The predicted octanol–water partition coefficient (Wildman–Crippen LogP) is 2.78. The molecule has 18 heavy (non-hydrogen) atoms. The first-order valence-corrected chi connectivity index (χ1v) is 6.86. The summed E-state index contributed by atoms with van der Waals surface area (Å²) in [5.74, 6) is 0.629. The fraction of sp³-hybridized carbons (Fsp3) is 0.600. The molecule has 0 saturated carbocycles. The smallest absolute Gasteiger partial charge is 0.123 e. The molecule has 1 aliphatic rings. The Bertz CT molecular complexity index is 353. The minimum atomic E-state index is -0.158. The molecule has 100 valence electrons. The molecular weight excluding hydrogens is 227 g/mol. The van der Waals surface area contributed by atoms with Gasteiger partial charge in [0.25, 0.3) is 0 Å². The summed E-state index contributed by atoms with van der Waals surface area (Å²) in [5.41, 5.74) is 7.04. The van der Waals surface area contributed by atoms with Crippen LogP contribution in [0.1, 0.15) is 31.7 Å². The van der Waals surface area contributed by atoms with E-state index in [1.807, 2.05) is 12.1 Å². The Hall–Kier alpha value is -0.930. The summed E-state index contributed by atoms with van der Waals surface area (Å²) in [5, 5.41) is 0. The highest BCUT2D eigenvalue weighted by Crippen LogP contribution is 2.22. The number of hydrogen-bond donors (Lipinski definition) is 1. The van der Waals surface area contributed by atoms with Crippen molar-refractivity contribution < 1.29 is 4.39 Å². The molecule has 1 aromatic rings. The summed E-state index contributed by atoms with van der Waals surface area (Å²) in [6.45, 7) is 5.29. The van der Waals surface area contributed by atoms with E-state index in [1.165, 1.54) is 30.5 Å². The molecule has 2 rings (SSSR count). The summed E-state index contributed by atoms with van der Waals surface area (Å²) in [7, 11) is 0. The van der Waals surface area contributed by atoms with Crippen LogP contribution in [0.15, 0.2) is 24.3 Å². The minimum absolute atomic E-state index is 0.158. The van der Waals surface area contributed by atoms with Crippen molar-refractivity contribution in [1.29, 1.82) is 0 Å². The van der Waals surface area contributed by atoms with Crippen LogP contribution in [0.2, 0.25) is 0 Å². The first kappa shape index (κ1) is 13.5. The number of nitrogens with two attached hydrogens (primary N) is 1. The van der Waals surface area contributed by atoms with Gasteiger partial charge in [-0.2, -0.15) is 0 Å². The van der Waals surface area contributed by atoms with Crippen molar-refractivity contribution in [3.8, 4) is 0 Å². The molecule has 2 nitrogen and oxygen atoms in total. The second-order valence-electron chi connectivity index (χ2n) is 5.56. The first-order valence-electron chi connectivity index (χ1n) is 6.86. The molecule has 1 aromatic carbocycles. The highest BCUT2D eigenvalue weighted by Gasteiger charge is 2.19. The van der Waals surface area contributed by atoms with Gasteiger partial charge in [0.15, 0.2) is 0 Å². The lowest BCUT2D eigenvalue weighted by Crippen LogP contribution is -2.35. The van der Waals surface area contributed by atoms with Crippen LogP contribution < -0.4 is 5.73 Å². The van der Waals surface area contributed by atoms with Crippen molar-refractivity contribution >= 4 is 0 Å². The molecule has 2 N–H and O–H groups in total. The van der Waals surface area contributed by atoms with Crippen molar-refractivity contribution in [2.45, 2.75) is 38.8 Å². The van der Waals surface area contributed by atoms with Gasteiger partial charge in [0.1, 0.15) is 5.82 Å². The Kier molecular flexibility index (Phi) is 4.72. The van der Waals surface area contributed by atoms with Gasteiger partial charge in [0.2, 0.25) is 0 Å². The molecule has 0 aliphatic carbocycles. The van der Waals surface area contributed by atoms with Crippen molar-refractivity contribution in [2.75, 3.05) is 13.1 Å². The lowest BCUT2D eigenvalue weighted by Gasteiger charge is -2.32. The zero-order valence-electron chi connectivity index (χ0n) is 11.1. The van der Waals surface area contributed by atoms with Gasteiger partial charge in [-0.25, -0.2) is 4.39 Å². The fourth-order valence-electron chi connectivity index (χ4n) is 2.75. The maximum Gasteiger partial charge on any atom is 0.123 e. The Labute approximate surface area is 109 Å². The number of likely N-dealkylation sites (tertiary alicyclic amines) is 1. The van der Waals surface area contributed by atoms with E-state index in [1.54, 1.807) is 0 Å². The number of halogens is 1. The third-order valence-electron chi connectivity index (χ3n) is 3.73. The van der Waals surface area contributed by atoms with Crippen LogP contribution in [-0.2, 0) is 6.54 Å². The monoisotopic (exact) mass is 250 g/mol. The van der Waals surface area contributed by atoms with Gasteiger partial charge in [-0.3, -0.25) is 4.90 Å². The van der Waals surface area contributed by atoms with E-state index in [-0.39, 0.29) is 5.82 Å². The lowest BCUT2D eigenvalue weighted by molar-refractivity contribution is 0.169. The van der Waals surface area contributed by atoms with Crippen molar-refractivity contribution in [3.05, 3.63) is 35.6 Å². The van der Waals surface area contributed by atoms with Gasteiger partial charge in [0.05, 0.1) is 0 Å². The second kappa shape index (κ2) is 6.30. The van der Waals surface area contributed by atoms with E-state index in [9.17, 15) is 4.39 Å². The zero-order valence-corrected chi connectivity index (χ0v) is 11.1. The van der Waals surface area contributed by atoms with Gasteiger partial charge in [-0.15, -0.1) is 0 Å². The van der Waals surface area contributed by atoms with Crippen molar-refractivity contribution in [2.24, 2.45) is 11.7 Å². The molecule has 0 aromatic heterocycles. The van der Waals surface area contributed by atoms with Crippen molar-refractivity contribution in [3.63, 3.8) is 0 Å². The third kappa shape index (κ3) is 4.07. The Morgan fingerprint density at radius 2 is 1.89 bits per heavy atom. The van der Waals surface area contributed by atoms with Crippen molar-refractivity contribution in [1.82, 2.24) is 4.90 Å². The molecule has 0 spiro atoms. The molecule has 3 heteroatoms. The molecule has 1 heterocycles. The van der Waals surface area contributed by atoms with Crippen LogP contribution in [0.5, 0.6) is 0 Å². The SMILES string of the molecule is CC(N)CC1CCN(Cc2ccc(F)cc2)CC1. The van der Waals surface area contributed by atoms with Crippen LogP contribution >= 0.6 is 0 Å². The number of benzene rings is 1. The summed E-state index contributed by atoms with van der Waals surface area (Å²) in [6.07, 6.45) is 3.62. The Morgan fingerprint density at radius 1 is 1.28 bits per heavy atom. The van der Waals surface area contributed by atoms with E-state index in [2.05, 4.69) is 11.8 Å². The Balaban J connectivity index is 1.78. The molecule has 0 amide bonds. The van der Waals surface area contributed by atoms with Crippen LogP contribution in [-0.4, -0.2) is 24.0 Å². The minimum Gasteiger partial charge on any atom is -0.328 e. The molecule has 1 unspecified atom stereocenters. The Morgan fingerprint density at radius 3 is 2.44 bits per heavy atom. The van der Waals surface area contributed by atoms with Gasteiger partial charge in [0, 0.05) is 12.6 Å². The number of piperidine rings is 1. The maximum absolute atomic E-state index is 12.8. The number of hydrogen-bond acceptors (Lipinski definition) is 2. The molecular formula is C15H23FN2. The standard InChI is InChI=1S/C15H23FN2/c1-12(17)10-13-6-8-18(9-7-13)11-14-2-4-15(16)5-3-14/h2-5,12-13H,6-11,17H2,1H3. The normalized spacial score (nSPS) is 19.9. The van der Waals surface area contributed by atoms with E-state index >= 15 is 0 Å². The third-order valence-corrected chi connectivity index (χ3v) is 3.73. The molecule has 1 atom stereocenters. The lowest BCUT2D eigenvalue weighted by atomic mass is 9.91. The van der Waals surface area contributed by atoms with Gasteiger partial charge in [-0.1, -0.05) is 12.1 Å². The number of rotatable bonds is 4. The largest absolute Gasteiger partial charge is 0.328 e. The zero-order chi connectivity index (χ0) is 13.0. The summed E-state index contributed by atoms with van der Waals surface area (Å²) >= 11 is 0. The topological polar surface area (TPSA) is 29.3 Å². The summed E-state index contributed by atoms with van der Waals surface area (Å²) in [4.78, 5) is 2.45. The van der Waals surface area contributed by atoms with Crippen LogP contribution in [0.4, 0.5) is 4.39 Å². The number of nitrogens with zero attached hydrogens (tertiary/aromatic N) is 1. The predicted molar refractivity (Wildman–Crippen MR) is 72.7 cm³/mol. The quantitative estimate of drug-likeness (QED) is 0.890. The molecule has 0 bridgehead atoms. The first-order chi connectivity index (χ1) is 8.63.